The van der Waals surface area contributed by atoms with Crippen LogP contribution in [0.4, 0.5) is 10.5 Å². The first kappa shape index (κ1) is 15.4. The first-order valence-corrected chi connectivity index (χ1v) is 7.34. The molecule has 2 amide bonds. The average Bonchev–Trinajstić information content (AvgIpc) is 2.47. The highest BCUT2D eigenvalue weighted by Gasteiger charge is 2.20. The van der Waals surface area contributed by atoms with Crippen LogP contribution in [0.15, 0.2) is 24.3 Å². The quantitative estimate of drug-likeness (QED) is 0.840. The van der Waals surface area contributed by atoms with Gasteiger partial charge in [0.1, 0.15) is 0 Å². The molecular formula is C16H22N2O3. The number of esters is 1. The van der Waals surface area contributed by atoms with E-state index in [2.05, 4.69) is 22.3 Å². The van der Waals surface area contributed by atoms with E-state index in [1.54, 1.807) is 24.3 Å². The van der Waals surface area contributed by atoms with Gasteiger partial charge in [-0.25, -0.2) is 9.59 Å². The molecule has 1 aliphatic rings. The summed E-state index contributed by atoms with van der Waals surface area (Å²) in [5, 5.41) is 5.79. The molecular weight excluding hydrogens is 268 g/mol. The summed E-state index contributed by atoms with van der Waals surface area (Å²) in [5.41, 5.74) is 1.12. The third kappa shape index (κ3) is 4.48. The molecule has 21 heavy (non-hydrogen) atoms. The van der Waals surface area contributed by atoms with Crippen molar-refractivity contribution in [3.8, 4) is 0 Å². The van der Waals surface area contributed by atoms with E-state index in [0.29, 0.717) is 17.2 Å². The van der Waals surface area contributed by atoms with Crippen LogP contribution in [-0.2, 0) is 4.74 Å². The van der Waals surface area contributed by atoms with Crippen molar-refractivity contribution in [2.75, 3.05) is 12.4 Å². The molecule has 2 atom stereocenters. The zero-order valence-corrected chi connectivity index (χ0v) is 12.5. The molecule has 0 saturated heterocycles. The molecule has 0 radical (unpaired) electrons. The molecule has 1 aromatic carbocycles. The normalized spacial score (nSPS) is 21.4. The van der Waals surface area contributed by atoms with Gasteiger partial charge < -0.3 is 15.4 Å². The van der Waals surface area contributed by atoms with Gasteiger partial charge in [0.2, 0.25) is 0 Å². The topological polar surface area (TPSA) is 67.4 Å². The Morgan fingerprint density at radius 1 is 1.19 bits per heavy atom. The Morgan fingerprint density at radius 2 is 1.90 bits per heavy atom. The van der Waals surface area contributed by atoms with Gasteiger partial charge in [-0.3, -0.25) is 0 Å². The number of anilines is 1. The Morgan fingerprint density at radius 3 is 2.52 bits per heavy atom. The standard InChI is InChI=1S/C16H22N2O3/c1-11-4-3-5-14(10-11)18-16(20)17-13-8-6-12(7-9-13)15(19)21-2/h6-9,11,14H,3-5,10H2,1-2H3,(H2,17,18,20)/t11-,14+/m0/s1. The minimum absolute atomic E-state index is 0.195. The van der Waals surface area contributed by atoms with Crippen molar-refractivity contribution in [2.24, 2.45) is 5.92 Å². The molecule has 1 aromatic rings. The molecule has 2 N–H and O–H groups in total. The monoisotopic (exact) mass is 290 g/mol. The maximum Gasteiger partial charge on any atom is 0.337 e. The second kappa shape index (κ2) is 7.11. The number of hydrogen-bond donors (Lipinski definition) is 2. The van der Waals surface area contributed by atoms with Crippen molar-refractivity contribution in [3.05, 3.63) is 29.8 Å². The largest absolute Gasteiger partial charge is 0.465 e. The molecule has 1 aliphatic carbocycles. The fourth-order valence-electron chi connectivity index (χ4n) is 2.73. The Balaban J connectivity index is 1.86. The molecule has 0 bridgehead atoms. The second-order valence-corrected chi connectivity index (χ2v) is 5.64. The first-order valence-electron chi connectivity index (χ1n) is 7.34. The molecule has 1 fully saturated rings. The zero-order chi connectivity index (χ0) is 15.2. The number of urea groups is 1. The number of benzene rings is 1. The van der Waals surface area contributed by atoms with Gasteiger partial charge in [0.15, 0.2) is 0 Å². The molecule has 2 rings (SSSR count). The molecule has 114 valence electrons. The lowest BCUT2D eigenvalue weighted by molar-refractivity contribution is 0.0601. The van der Waals surface area contributed by atoms with Gasteiger partial charge in [-0.1, -0.05) is 19.8 Å². The molecule has 0 aliphatic heterocycles. The number of rotatable bonds is 3. The van der Waals surface area contributed by atoms with Gasteiger partial charge in [-0.15, -0.1) is 0 Å². The van der Waals surface area contributed by atoms with E-state index >= 15 is 0 Å². The smallest absolute Gasteiger partial charge is 0.337 e. The van der Waals surface area contributed by atoms with E-state index in [9.17, 15) is 9.59 Å². The van der Waals surface area contributed by atoms with Crippen molar-refractivity contribution in [3.63, 3.8) is 0 Å². The summed E-state index contributed by atoms with van der Waals surface area (Å²) in [4.78, 5) is 23.3. The van der Waals surface area contributed by atoms with Crippen LogP contribution < -0.4 is 10.6 Å². The number of carbonyl (C=O) groups excluding carboxylic acids is 2. The molecule has 0 heterocycles. The molecule has 5 heteroatoms. The lowest BCUT2D eigenvalue weighted by Crippen LogP contribution is -2.40. The van der Waals surface area contributed by atoms with Crippen LogP contribution in [0.3, 0.4) is 0 Å². The number of ether oxygens (including phenoxy) is 1. The van der Waals surface area contributed by atoms with Gasteiger partial charge >= 0.3 is 12.0 Å². The van der Waals surface area contributed by atoms with E-state index in [0.717, 1.165) is 12.8 Å². The highest BCUT2D eigenvalue weighted by atomic mass is 16.5. The van der Waals surface area contributed by atoms with Gasteiger partial charge in [-0.2, -0.15) is 0 Å². The van der Waals surface area contributed by atoms with E-state index in [1.807, 2.05) is 0 Å². The van der Waals surface area contributed by atoms with Crippen LogP contribution in [0.1, 0.15) is 43.0 Å². The van der Waals surface area contributed by atoms with Crippen molar-refractivity contribution in [1.29, 1.82) is 0 Å². The minimum Gasteiger partial charge on any atom is -0.465 e. The third-order valence-corrected chi connectivity index (χ3v) is 3.84. The first-order chi connectivity index (χ1) is 10.1. The van der Waals surface area contributed by atoms with Crippen LogP contribution in [0.2, 0.25) is 0 Å². The summed E-state index contributed by atoms with van der Waals surface area (Å²) < 4.78 is 4.63. The molecule has 5 nitrogen and oxygen atoms in total. The van der Waals surface area contributed by atoms with Crippen LogP contribution >= 0.6 is 0 Å². The SMILES string of the molecule is COC(=O)c1ccc(NC(=O)N[C@@H]2CCC[C@H](C)C2)cc1. The lowest BCUT2D eigenvalue weighted by atomic mass is 9.87. The number of nitrogens with one attached hydrogen (secondary N) is 2. The van der Waals surface area contributed by atoms with Crippen molar-refractivity contribution < 1.29 is 14.3 Å². The van der Waals surface area contributed by atoms with Crippen LogP contribution in [0.5, 0.6) is 0 Å². The van der Waals surface area contributed by atoms with E-state index in [4.69, 9.17) is 0 Å². The van der Waals surface area contributed by atoms with Gasteiger partial charge in [0.25, 0.3) is 0 Å². The molecule has 1 saturated carbocycles. The number of methoxy groups -OCH3 is 1. The van der Waals surface area contributed by atoms with Gasteiger partial charge in [0, 0.05) is 11.7 Å². The molecule has 0 spiro atoms. The van der Waals surface area contributed by atoms with Gasteiger partial charge in [0.05, 0.1) is 12.7 Å². The zero-order valence-electron chi connectivity index (χ0n) is 12.5. The maximum atomic E-state index is 11.9. The van der Waals surface area contributed by atoms with Crippen molar-refractivity contribution in [2.45, 2.75) is 38.6 Å². The Bertz CT molecular complexity index is 499. The summed E-state index contributed by atoms with van der Waals surface area (Å²) >= 11 is 0. The van der Waals surface area contributed by atoms with Crippen molar-refractivity contribution in [1.82, 2.24) is 5.32 Å². The number of hydrogen-bond acceptors (Lipinski definition) is 3. The second-order valence-electron chi connectivity index (χ2n) is 5.64. The fraction of sp³-hybridized carbons (Fsp3) is 0.500. The predicted octanol–water partition coefficient (Wildman–Crippen LogP) is 3.17. The van der Waals surface area contributed by atoms with Gasteiger partial charge in [-0.05, 0) is 43.0 Å². The van der Waals surface area contributed by atoms with E-state index in [1.165, 1.54) is 20.0 Å². The summed E-state index contributed by atoms with van der Waals surface area (Å²) in [6.45, 7) is 2.22. The van der Waals surface area contributed by atoms with Crippen molar-refractivity contribution >= 4 is 17.7 Å². The summed E-state index contributed by atoms with van der Waals surface area (Å²) in [6, 6.07) is 6.70. The highest BCUT2D eigenvalue weighted by Crippen LogP contribution is 2.23. The number of amides is 2. The summed E-state index contributed by atoms with van der Waals surface area (Å²) in [7, 11) is 1.34. The van der Waals surface area contributed by atoms with Crippen LogP contribution in [-0.4, -0.2) is 25.2 Å². The fourth-order valence-corrected chi connectivity index (χ4v) is 2.73. The minimum atomic E-state index is -0.387. The number of carbonyl (C=O) groups is 2. The Kier molecular flexibility index (Phi) is 5.20. The Labute approximate surface area is 125 Å². The van der Waals surface area contributed by atoms with E-state index in [-0.39, 0.29) is 18.0 Å². The summed E-state index contributed by atoms with van der Waals surface area (Å²) in [6.07, 6.45) is 4.49. The maximum absolute atomic E-state index is 11.9. The van der Waals surface area contributed by atoms with E-state index < -0.39 is 0 Å². The van der Waals surface area contributed by atoms with Crippen LogP contribution in [0.25, 0.3) is 0 Å². The summed E-state index contributed by atoms with van der Waals surface area (Å²) in [5.74, 6) is 0.283. The van der Waals surface area contributed by atoms with Crippen LogP contribution in [0, 0.1) is 5.92 Å². The lowest BCUT2D eigenvalue weighted by Gasteiger charge is -2.27. The predicted molar refractivity (Wildman–Crippen MR) is 81.4 cm³/mol. The molecule has 0 unspecified atom stereocenters. The third-order valence-electron chi connectivity index (χ3n) is 3.84. The highest BCUT2D eigenvalue weighted by molar-refractivity contribution is 5.92. The average molecular weight is 290 g/mol. The molecule has 0 aromatic heterocycles. The Hall–Kier alpha value is -2.04.